The van der Waals surface area contributed by atoms with Crippen LogP contribution in [0.5, 0.6) is 0 Å². The lowest BCUT2D eigenvalue weighted by Crippen LogP contribution is -2.52. The molecule has 0 spiro atoms. The van der Waals surface area contributed by atoms with Crippen molar-refractivity contribution in [1.82, 2.24) is 15.6 Å². The van der Waals surface area contributed by atoms with E-state index in [0.717, 1.165) is 0 Å². The molecule has 0 fully saturated rings. The molecule has 0 saturated heterocycles. The first-order valence-electron chi connectivity index (χ1n) is 5.88. The highest BCUT2D eigenvalue weighted by Gasteiger charge is 2.32. The molecule has 0 bridgehead atoms. The smallest absolute Gasteiger partial charge is 0.326 e. The molecular weight excluding hydrogens is 250 g/mol. The standard InChI is InChI=1S/C12H19N3O4/c1-7-5-13-8(19-7)6-14-11(18)15-9(10(16)17)12(2,3)4/h5,9H,6H2,1-4H3,(H,16,17)(H2,14,15,18)/t9-/m1/s1. The number of nitrogens with zero attached hydrogens (tertiary/aromatic N) is 1. The van der Waals surface area contributed by atoms with E-state index in [1.807, 2.05) is 0 Å². The van der Waals surface area contributed by atoms with E-state index in [2.05, 4.69) is 15.6 Å². The molecule has 1 atom stereocenters. The van der Waals surface area contributed by atoms with Crippen LogP contribution in [-0.4, -0.2) is 28.1 Å². The second-order valence-corrected chi connectivity index (χ2v) is 5.33. The lowest BCUT2D eigenvalue weighted by molar-refractivity contribution is -0.141. The minimum Gasteiger partial charge on any atom is -0.480 e. The van der Waals surface area contributed by atoms with Crippen LogP contribution >= 0.6 is 0 Å². The van der Waals surface area contributed by atoms with Crippen LogP contribution < -0.4 is 10.6 Å². The van der Waals surface area contributed by atoms with Gasteiger partial charge in [-0.15, -0.1) is 0 Å². The topological polar surface area (TPSA) is 104 Å². The normalized spacial score (nSPS) is 12.8. The van der Waals surface area contributed by atoms with E-state index in [9.17, 15) is 9.59 Å². The zero-order chi connectivity index (χ0) is 14.6. The highest BCUT2D eigenvalue weighted by molar-refractivity contribution is 5.83. The maximum Gasteiger partial charge on any atom is 0.326 e. The molecule has 2 amide bonds. The van der Waals surface area contributed by atoms with Crippen molar-refractivity contribution in [2.24, 2.45) is 5.41 Å². The van der Waals surface area contributed by atoms with Gasteiger partial charge >= 0.3 is 12.0 Å². The fraction of sp³-hybridized carbons (Fsp3) is 0.583. The number of carbonyl (C=O) groups excluding carboxylic acids is 1. The number of carbonyl (C=O) groups is 2. The Labute approximate surface area is 111 Å². The van der Waals surface area contributed by atoms with Crippen molar-refractivity contribution in [2.45, 2.75) is 40.3 Å². The highest BCUT2D eigenvalue weighted by atomic mass is 16.4. The Morgan fingerprint density at radius 1 is 1.47 bits per heavy atom. The van der Waals surface area contributed by atoms with Gasteiger partial charge in [0.05, 0.1) is 12.7 Å². The van der Waals surface area contributed by atoms with E-state index in [1.54, 1.807) is 33.9 Å². The fourth-order valence-corrected chi connectivity index (χ4v) is 1.47. The predicted molar refractivity (Wildman–Crippen MR) is 67.5 cm³/mol. The van der Waals surface area contributed by atoms with Crippen molar-refractivity contribution in [3.63, 3.8) is 0 Å². The minimum absolute atomic E-state index is 0.107. The number of urea groups is 1. The average molecular weight is 269 g/mol. The minimum atomic E-state index is -1.07. The Morgan fingerprint density at radius 2 is 2.11 bits per heavy atom. The van der Waals surface area contributed by atoms with Gasteiger partial charge in [0.15, 0.2) is 0 Å². The quantitative estimate of drug-likeness (QED) is 0.763. The first-order valence-corrected chi connectivity index (χ1v) is 5.88. The van der Waals surface area contributed by atoms with Crippen LogP contribution in [0.4, 0.5) is 4.79 Å². The van der Waals surface area contributed by atoms with Gasteiger partial charge in [-0.2, -0.15) is 0 Å². The van der Waals surface area contributed by atoms with Crippen LogP contribution in [-0.2, 0) is 11.3 Å². The summed E-state index contributed by atoms with van der Waals surface area (Å²) < 4.78 is 5.18. The number of hydrogen-bond acceptors (Lipinski definition) is 4. The number of aromatic nitrogens is 1. The SMILES string of the molecule is Cc1cnc(CNC(=O)N[C@H](C(=O)O)C(C)(C)C)o1. The Kier molecular flexibility index (Phi) is 4.52. The van der Waals surface area contributed by atoms with Gasteiger partial charge in [0.1, 0.15) is 11.8 Å². The molecule has 1 rings (SSSR count). The van der Waals surface area contributed by atoms with Crippen molar-refractivity contribution >= 4 is 12.0 Å². The van der Waals surface area contributed by atoms with Gasteiger partial charge < -0.3 is 20.2 Å². The molecule has 0 aliphatic heterocycles. The monoisotopic (exact) mass is 269 g/mol. The van der Waals surface area contributed by atoms with E-state index in [4.69, 9.17) is 9.52 Å². The Balaban J connectivity index is 2.52. The molecule has 0 aliphatic rings. The van der Waals surface area contributed by atoms with E-state index in [1.165, 1.54) is 0 Å². The van der Waals surface area contributed by atoms with Crippen molar-refractivity contribution in [3.8, 4) is 0 Å². The third-order valence-corrected chi connectivity index (χ3v) is 2.46. The van der Waals surface area contributed by atoms with Crippen molar-refractivity contribution in [1.29, 1.82) is 0 Å². The number of oxazole rings is 1. The molecule has 1 heterocycles. The Bertz CT molecular complexity index is 462. The van der Waals surface area contributed by atoms with E-state index in [-0.39, 0.29) is 6.54 Å². The number of aryl methyl sites for hydroxylation is 1. The summed E-state index contributed by atoms with van der Waals surface area (Å²) in [6.45, 7) is 7.07. The molecule has 3 N–H and O–H groups in total. The highest BCUT2D eigenvalue weighted by Crippen LogP contribution is 2.19. The molecule has 106 valence electrons. The summed E-state index contributed by atoms with van der Waals surface area (Å²) in [5.41, 5.74) is -0.581. The van der Waals surface area contributed by atoms with Crippen LogP contribution in [0.15, 0.2) is 10.6 Å². The van der Waals surface area contributed by atoms with E-state index < -0.39 is 23.5 Å². The lowest BCUT2D eigenvalue weighted by atomic mass is 9.87. The van der Waals surface area contributed by atoms with Crippen LogP contribution in [0.25, 0.3) is 0 Å². The van der Waals surface area contributed by atoms with Crippen molar-refractivity contribution < 1.29 is 19.1 Å². The largest absolute Gasteiger partial charge is 0.480 e. The molecule has 1 aromatic rings. The number of nitrogens with one attached hydrogen (secondary N) is 2. The van der Waals surface area contributed by atoms with E-state index >= 15 is 0 Å². The summed E-state index contributed by atoms with van der Waals surface area (Å²) in [7, 11) is 0. The van der Waals surface area contributed by atoms with Gasteiger partial charge in [-0.05, 0) is 12.3 Å². The number of rotatable bonds is 4. The first kappa shape index (κ1) is 15.0. The average Bonchev–Trinajstić information content (AvgIpc) is 2.67. The van der Waals surface area contributed by atoms with Gasteiger partial charge in [-0.3, -0.25) is 0 Å². The summed E-state index contributed by atoms with van der Waals surface area (Å²) in [5, 5.41) is 14.0. The number of carboxylic acid groups (broad SMARTS) is 1. The van der Waals surface area contributed by atoms with Gasteiger partial charge in [-0.1, -0.05) is 20.8 Å². The fourth-order valence-electron chi connectivity index (χ4n) is 1.47. The van der Waals surface area contributed by atoms with Gasteiger partial charge in [0.2, 0.25) is 5.89 Å². The Morgan fingerprint density at radius 3 is 2.53 bits per heavy atom. The number of amides is 2. The summed E-state index contributed by atoms with van der Waals surface area (Å²) in [6.07, 6.45) is 1.55. The maximum atomic E-state index is 11.6. The number of carboxylic acids is 1. The molecule has 0 aliphatic carbocycles. The zero-order valence-electron chi connectivity index (χ0n) is 11.5. The number of aliphatic carboxylic acids is 1. The first-order chi connectivity index (χ1) is 8.70. The molecule has 7 nitrogen and oxygen atoms in total. The van der Waals surface area contributed by atoms with Gasteiger partial charge in [0.25, 0.3) is 0 Å². The van der Waals surface area contributed by atoms with E-state index in [0.29, 0.717) is 11.7 Å². The predicted octanol–water partition coefficient (Wildman–Crippen LogP) is 1.28. The third-order valence-electron chi connectivity index (χ3n) is 2.46. The molecule has 0 unspecified atom stereocenters. The molecule has 7 heteroatoms. The second-order valence-electron chi connectivity index (χ2n) is 5.33. The Hall–Kier alpha value is -2.05. The van der Waals surface area contributed by atoms with Crippen LogP contribution in [0.2, 0.25) is 0 Å². The van der Waals surface area contributed by atoms with Crippen molar-refractivity contribution in [3.05, 3.63) is 17.8 Å². The van der Waals surface area contributed by atoms with Gasteiger partial charge in [-0.25, -0.2) is 14.6 Å². The van der Waals surface area contributed by atoms with Crippen LogP contribution in [0.1, 0.15) is 32.4 Å². The molecule has 0 saturated carbocycles. The lowest BCUT2D eigenvalue weighted by Gasteiger charge is -2.27. The molecule has 19 heavy (non-hydrogen) atoms. The molecular formula is C12H19N3O4. The maximum absolute atomic E-state index is 11.6. The van der Waals surface area contributed by atoms with Crippen LogP contribution in [0, 0.1) is 12.3 Å². The molecule has 0 aromatic carbocycles. The second kappa shape index (κ2) is 5.73. The summed E-state index contributed by atoms with van der Waals surface area (Å²) in [6, 6.07) is -1.54. The molecule has 0 radical (unpaired) electrons. The number of hydrogen-bond donors (Lipinski definition) is 3. The summed E-state index contributed by atoms with van der Waals surface area (Å²) in [4.78, 5) is 26.6. The summed E-state index contributed by atoms with van der Waals surface area (Å²) in [5.74, 6) is -0.0554. The summed E-state index contributed by atoms with van der Waals surface area (Å²) >= 11 is 0. The van der Waals surface area contributed by atoms with Crippen LogP contribution in [0.3, 0.4) is 0 Å². The van der Waals surface area contributed by atoms with Gasteiger partial charge in [0, 0.05) is 0 Å². The van der Waals surface area contributed by atoms with Crippen molar-refractivity contribution in [2.75, 3.05) is 0 Å². The molecule has 1 aromatic heterocycles. The zero-order valence-corrected chi connectivity index (χ0v) is 11.5. The third kappa shape index (κ3) is 4.61.